The van der Waals surface area contributed by atoms with Crippen molar-refractivity contribution in [3.63, 3.8) is 0 Å². The van der Waals surface area contributed by atoms with Gasteiger partial charge in [-0.25, -0.2) is 9.48 Å². The van der Waals surface area contributed by atoms with E-state index in [1.807, 2.05) is 72.3 Å². The van der Waals surface area contributed by atoms with Crippen LogP contribution < -0.4 is 10.1 Å². The van der Waals surface area contributed by atoms with Gasteiger partial charge in [0.1, 0.15) is 21.2 Å². The summed E-state index contributed by atoms with van der Waals surface area (Å²) in [6.07, 6.45) is -0.977. The Kier molecular flexibility index (Phi) is 6.51. The van der Waals surface area contributed by atoms with Crippen LogP contribution in [0.15, 0.2) is 91.0 Å². The minimum absolute atomic E-state index is 0.414. The third kappa shape index (κ3) is 4.99. The molecule has 180 valence electrons. The Morgan fingerprint density at radius 2 is 1.56 bits per heavy atom. The van der Waals surface area contributed by atoms with Gasteiger partial charge >= 0.3 is 5.97 Å². The zero-order valence-corrected chi connectivity index (χ0v) is 20.5. The summed E-state index contributed by atoms with van der Waals surface area (Å²) in [7, 11) is 0. The van der Waals surface area contributed by atoms with Gasteiger partial charge in [0.25, 0.3) is 5.91 Å². The van der Waals surface area contributed by atoms with Gasteiger partial charge in [-0.2, -0.15) is 5.10 Å². The topological polar surface area (TPSA) is 82.5 Å². The summed E-state index contributed by atoms with van der Waals surface area (Å²) in [5, 5.41) is 8.24. The maximum absolute atomic E-state index is 12.8. The maximum atomic E-state index is 12.8. The molecule has 5 rings (SSSR count). The summed E-state index contributed by atoms with van der Waals surface area (Å²) < 4.78 is 13.0. The first kappa shape index (κ1) is 23.3. The molecular formula is C28H23N3O4S. The smallest absolute Gasteiger partial charge is 0.349 e. The molecule has 1 N–H and O–H groups in total. The van der Waals surface area contributed by atoms with Crippen LogP contribution in [0.3, 0.4) is 0 Å². The van der Waals surface area contributed by atoms with E-state index in [4.69, 9.17) is 9.47 Å². The molecule has 2 aromatic heterocycles. The number of rotatable bonds is 7. The van der Waals surface area contributed by atoms with Crippen LogP contribution in [0, 0.1) is 6.92 Å². The van der Waals surface area contributed by atoms with Crippen molar-refractivity contribution in [2.45, 2.75) is 20.0 Å². The molecule has 0 saturated heterocycles. The Labute approximate surface area is 211 Å². The molecule has 0 spiro atoms. The van der Waals surface area contributed by atoms with Crippen LogP contribution in [0.4, 0.5) is 5.69 Å². The molecule has 3 aromatic carbocycles. The minimum atomic E-state index is -0.977. The summed E-state index contributed by atoms with van der Waals surface area (Å²) >= 11 is 1.29. The molecule has 0 saturated carbocycles. The van der Waals surface area contributed by atoms with Gasteiger partial charge in [0.2, 0.25) is 0 Å². The van der Waals surface area contributed by atoms with Crippen molar-refractivity contribution in [2.24, 2.45) is 0 Å². The molecule has 1 amide bonds. The van der Waals surface area contributed by atoms with Crippen molar-refractivity contribution in [2.75, 3.05) is 5.32 Å². The Hall–Kier alpha value is -4.43. The molecule has 0 fully saturated rings. The summed E-state index contributed by atoms with van der Waals surface area (Å²) in [5.74, 6) is 0.396. The molecule has 2 heterocycles. The van der Waals surface area contributed by atoms with E-state index in [2.05, 4.69) is 10.4 Å². The van der Waals surface area contributed by atoms with E-state index in [1.165, 1.54) is 11.3 Å². The van der Waals surface area contributed by atoms with Crippen LogP contribution >= 0.6 is 11.3 Å². The van der Waals surface area contributed by atoms with E-state index in [0.717, 1.165) is 27.3 Å². The van der Waals surface area contributed by atoms with Gasteiger partial charge in [0.15, 0.2) is 6.10 Å². The van der Waals surface area contributed by atoms with E-state index in [0.29, 0.717) is 16.3 Å². The molecule has 36 heavy (non-hydrogen) atoms. The number of para-hydroxylation sites is 2. The number of anilines is 1. The lowest BCUT2D eigenvalue weighted by atomic mass is 10.2. The highest BCUT2D eigenvalue weighted by atomic mass is 32.1. The highest BCUT2D eigenvalue weighted by Crippen LogP contribution is 2.31. The number of ether oxygens (including phenoxy) is 2. The highest BCUT2D eigenvalue weighted by Gasteiger charge is 2.23. The second-order valence-electron chi connectivity index (χ2n) is 8.14. The zero-order valence-electron chi connectivity index (χ0n) is 19.7. The number of aryl methyl sites for hydroxylation is 1. The fourth-order valence-electron chi connectivity index (χ4n) is 3.64. The summed E-state index contributed by atoms with van der Waals surface area (Å²) in [6, 6.07) is 27.9. The second-order valence-corrected chi connectivity index (χ2v) is 9.17. The van der Waals surface area contributed by atoms with Gasteiger partial charge in [-0.05, 0) is 68.4 Å². The monoisotopic (exact) mass is 497 g/mol. The molecule has 1 unspecified atom stereocenters. The number of hydrogen-bond acceptors (Lipinski definition) is 6. The number of carbonyl (C=O) groups excluding carboxylic acids is 2. The lowest BCUT2D eigenvalue weighted by Crippen LogP contribution is -2.29. The lowest BCUT2D eigenvalue weighted by molar-refractivity contribution is -0.123. The Morgan fingerprint density at radius 1 is 0.917 bits per heavy atom. The average Bonchev–Trinajstić information content (AvgIpc) is 3.47. The molecule has 0 aliphatic carbocycles. The van der Waals surface area contributed by atoms with Gasteiger partial charge in [-0.15, -0.1) is 11.3 Å². The Balaban J connectivity index is 1.23. The highest BCUT2D eigenvalue weighted by molar-refractivity contribution is 7.20. The molecule has 5 aromatic rings. The molecule has 0 radical (unpaired) electrons. The standard InChI is InChI=1S/C28H23N3O4S/c1-18-24-17-25(36-27(24)31(30-18)21-9-5-3-6-10-21)28(33)34-19(2)26(32)29-20-13-15-23(16-14-20)35-22-11-7-4-8-12-22/h3-17,19H,1-2H3,(H,29,32). The van der Waals surface area contributed by atoms with E-state index in [-0.39, 0.29) is 0 Å². The van der Waals surface area contributed by atoms with Crippen LogP contribution in [-0.2, 0) is 9.53 Å². The molecule has 0 bridgehead atoms. The predicted molar refractivity (Wildman–Crippen MR) is 140 cm³/mol. The number of carbonyl (C=O) groups is 2. The van der Waals surface area contributed by atoms with E-state index < -0.39 is 18.0 Å². The molecule has 0 aliphatic heterocycles. The fraction of sp³-hybridized carbons (Fsp3) is 0.107. The van der Waals surface area contributed by atoms with Crippen molar-refractivity contribution in [3.05, 3.63) is 102 Å². The SMILES string of the molecule is Cc1nn(-c2ccccc2)c2sc(C(=O)OC(C)C(=O)Nc3ccc(Oc4ccccc4)cc3)cc12. The molecular weight excluding hydrogens is 474 g/mol. The van der Waals surface area contributed by atoms with Gasteiger partial charge in [-0.3, -0.25) is 4.79 Å². The number of hydrogen-bond donors (Lipinski definition) is 1. The first-order valence-electron chi connectivity index (χ1n) is 11.4. The largest absolute Gasteiger partial charge is 0.457 e. The number of fused-ring (bicyclic) bond motifs is 1. The number of aromatic nitrogens is 2. The van der Waals surface area contributed by atoms with Crippen molar-refractivity contribution in [1.82, 2.24) is 9.78 Å². The van der Waals surface area contributed by atoms with Crippen molar-refractivity contribution in [3.8, 4) is 17.2 Å². The number of benzene rings is 3. The third-order valence-corrected chi connectivity index (χ3v) is 6.59. The number of amides is 1. The van der Waals surface area contributed by atoms with Crippen LogP contribution in [0.1, 0.15) is 22.3 Å². The van der Waals surface area contributed by atoms with Crippen LogP contribution in [-0.4, -0.2) is 27.8 Å². The zero-order chi connectivity index (χ0) is 25.1. The van der Waals surface area contributed by atoms with Crippen molar-refractivity contribution >= 4 is 39.1 Å². The number of thiophene rings is 1. The second kappa shape index (κ2) is 10.1. The number of nitrogens with zero attached hydrogens (tertiary/aromatic N) is 2. The Morgan fingerprint density at radius 3 is 2.25 bits per heavy atom. The molecule has 7 nitrogen and oxygen atoms in total. The number of nitrogens with one attached hydrogen (secondary N) is 1. The quantitative estimate of drug-likeness (QED) is 0.264. The normalized spacial score (nSPS) is 11.7. The fourth-order valence-corrected chi connectivity index (χ4v) is 4.70. The Bertz CT molecular complexity index is 1510. The minimum Gasteiger partial charge on any atom is -0.457 e. The van der Waals surface area contributed by atoms with Gasteiger partial charge in [0, 0.05) is 11.1 Å². The van der Waals surface area contributed by atoms with Crippen molar-refractivity contribution < 1.29 is 19.1 Å². The van der Waals surface area contributed by atoms with Gasteiger partial charge in [0.05, 0.1) is 11.4 Å². The van der Waals surface area contributed by atoms with Crippen molar-refractivity contribution in [1.29, 1.82) is 0 Å². The van der Waals surface area contributed by atoms with E-state index in [1.54, 1.807) is 37.3 Å². The number of esters is 1. The average molecular weight is 498 g/mol. The van der Waals surface area contributed by atoms with E-state index in [9.17, 15) is 9.59 Å². The third-order valence-electron chi connectivity index (χ3n) is 5.50. The van der Waals surface area contributed by atoms with E-state index >= 15 is 0 Å². The van der Waals surface area contributed by atoms with Gasteiger partial charge < -0.3 is 14.8 Å². The summed E-state index contributed by atoms with van der Waals surface area (Å²) in [5.41, 5.74) is 2.30. The lowest BCUT2D eigenvalue weighted by Gasteiger charge is -2.13. The first-order valence-corrected chi connectivity index (χ1v) is 12.2. The molecule has 1 atom stereocenters. The van der Waals surface area contributed by atoms with Crippen LogP contribution in [0.2, 0.25) is 0 Å². The maximum Gasteiger partial charge on any atom is 0.349 e. The van der Waals surface area contributed by atoms with Crippen LogP contribution in [0.5, 0.6) is 11.5 Å². The summed E-state index contributed by atoms with van der Waals surface area (Å²) in [6.45, 7) is 3.44. The molecule has 8 heteroatoms. The van der Waals surface area contributed by atoms with Gasteiger partial charge in [-0.1, -0.05) is 36.4 Å². The summed E-state index contributed by atoms with van der Waals surface area (Å²) in [4.78, 5) is 26.7. The first-order chi connectivity index (χ1) is 17.5. The predicted octanol–water partition coefficient (Wildman–Crippen LogP) is 6.37. The molecule has 0 aliphatic rings. The van der Waals surface area contributed by atoms with Crippen LogP contribution in [0.25, 0.3) is 15.9 Å².